The van der Waals surface area contributed by atoms with Crippen LogP contribution in [0.2, 0.25) is 0 Å². The van der Waals surface area contributed by atoms with Gasteiger partial charge in [-0.25, -0.2) is 0 Å². The molecule has 0 saturated heterocycles. The van der Waals surface area contributed by atoms with Crippen molar-refractivity contribution >= 4 is 25.8 Å². The summed E-state index contributed by atoms with van der Waals surface area (Å²) in [4.78, 5) is 10.8. The second-order valence-electron chi connectivity index (χ2n) is 17.1. The minimum atomic E-state index is -1.84. The standard InChI is InChI=1S/C62H51NS2/c1-2-21-50-42-49-37-39-58(65(54-28-15-6-16-29-54,55-30-17-7-18-31-55)56-32-19-8-20-33-56)44-61(49)62(50)63-45-46-34-35-47-41-48-36-38-57(43-60(48)59(47)40-46)64(51-22-9-3-10-23-51,52-24-11-4-12-25-52)53-26-13-5-14-27-53/h1,3-4,6-13,15-20,22-40,43-44,63H,5,14,21,41-42,45H2. The Morgan fingerprint density at radius 3 is 1.42 bits per heavy atom. The molecule has 1 N–H and O–H groups in total. The summed E-state index contributed by atoms with van der Waals surface area (Å²) in [6, 6.07) is 77.5. The Kier molecular flexibility index (Phi) is 11.0. The maximum atomic E-state index is 6.10. The number of fused-ring (bicyclic) bond motifs is 4. The Hall–Kier alpha value is -6.96. The molecule has 316 valence electrons. The summed E-state index contributed by atoms with van der Waals surface area (Å²) in [6.45, 7) is 0.699. The van der Waals surface area contributed by atoms with Gasteiger partial charge in [-0.05, 0) is 161 Å². The highest BCUT2D eigenvalue weighted by Gasteiger charge is 2.37. The molecule has 8 aromatic rings. The Balaban J connectivity index is 0.981. The zero-order chi connectivity index (χ0) is 43.6. The Morgan fingerprint density at radius 1 is 0.446 bits per heavy atom. The molecule has 0 spiro atoms. The fourth-order valence-corrected chi connectivity index (χ4v) is 18.3. The van der Waals surface area contributed by atoms with Crippen LogP contribution in [0.15, 0.2) is 269 Å². The Morgan fingerprint density at radius 2 is 0.908 bits per heavy atom. The van der Waals surface area contributed by atoms with Gasteiger partial charge in [-0.1, -0.05) is 133 Å². The van der Waals surface area contributed by atoms with Crippen molar-refractivity contribution in [3.63, 3.8) is 0 Å². The third kappa shape index (κ3) is 7.10. The third-order valence-corrected chi connectivity index (χ3v) is 21.2. The quantitative estimate of drug-likeness (QED) is 0.121. The molecule has 0 unspecified atom stereocenters. The minimum absolute atomic E-state index is 0.610. The molecule has 1 nitrogen and oxygen atoms in total. The van der Waals surface area contributed by atoms with E-state index in [1.807, 2.05) is 0 Å². The third-order valence-electron chi connectivity index (χ3n) is 13.3. The summed E-state index contributed by atoms with van der Waals surface area (Å²) in [5, 5.41) is 4.01. The molecule has 0 atom stereocenters. The van der Waals surface area contributed by atoms with E-state index in [1.165, 1.54) is 89.4 Å². The minimum Gasteiger partial charge on any atom is -0.380 e. The fourth-order valence-electron chi connectivity index (χ4n) is 10.4. The Bertz CT molecular complexity index is 3020. The SMILES string of the molecule is C#CCC1=C(NCc2ccc3c(c2)-c2cc(S(C4=CCCC=C4)(c4ccccc4)c4ccccc4)ccc2C3)c2cc(S(c3ccccc3)(c3ccccc3)c3ccccc3)ccc2C1. The Labute approximate surface area is 388 Å². The molecule has 0 amide bonds. The van der Waals surface area contributed by atoms with Crippen molar-refractivity contribution < 1.29 is 0 Å². The molecule has 0 aromatic heterocycles. The number of allylic oxidation sites excluding steroid dienone is 4. The second-order valence-corrected chi connectivity index (χ2v) is 23.3. The van der Waals surface area contributed by atoms with Crippen molar-refractivity contribution in [2.75, 3.05) is 0 Å². The number of benzene rings is 8. The highest BCUT2D eigenvalue weighted by atomic mass is 32.3. The van der Waals surface area contributed by atoms with E-state index in [-0.39, 0.29) is 0 Å². The molecule has 65 heavy (non-hydrogen) atoms. The molecule has 3 aliphatic carbocycles. The van der Waals surface area contributed by atoms with Crippen LogP contribution in [0.3, 0.4) is 0 Å². The molecule has 8 aromatic carbocycles. The van der Waals surface area contributed by atoms with Crippen molar-refractivity contribution in [1.29, 1.82) is 0 Å². The van der Waals surface area contributed by atoms with Gasteiger partial charge in [-0.2, -0.15) is 0 Å². The second kappa shape index (κ2) is 17.5. The first-order chi connectivity index (χ1) is 32.2. The normalized spacial score (nSPS) is 14.5. The first-order valence-electron chi connectivity index (χ1n) is 22.7. The van der Waals surface area contributed by atoms with Gasteiger partial charge in [0.25, 0.3) is 0 Å². The van der Waals surface area contributed by atoms with Crippen LogP contribution in [0.4, 0.5) is 0 Å². The number of rotatable bonds is 12. The van der Waals surface area contributed by atoms with E-state index in [9.17, 15) is 0 Å². The first-order valence-corrected chi connectivity index (χ1v) is 26.0. The molecular weight excluding hydrogens is 823 g/mol. The lowest BCUT2D eigenvalue weighted by Gasteiger charge is -2.43. The van der Waals surface area contributed by atoms with Gasteiger partial charge in [0.2, 0.25) is 0 Å². The first kappa shape index (κ1) is 40.8. The molecule has 0 saturated carbocycles. The predicted molar refractivity (Wildman–Crippen MR) is 274 cm³/mol. The summed E-state index contributed by atoms with van der Waals surface area (Å²) in [6.07, 6.45) is 17.9. The number of hydrogen-bond donors (Lipinski definition) is 1. The van der Waals surface area contributed by atoms with Gasteiger partial charge in [0.15, 0.2) is 0 Å². The molecule has 3 aliphatic rings. The van der Waals surface area contributed by atoms with Crippen LogP contribution in [0.1, 0.15) is 47.1 Å². The van der Waals surface area contributed by atoms with Crippen molar-refractivity contribution in [3.05, 3.63) is 263 Å². The van der Waals surface area contributed by atoms with Gasteiger partial charge in [-0.15, -0.1) is 32.4 Å². The number of nitrogens with one attached hydrogen (secondary N) is 1. The molecule has 0 fully saturated rings. The van der Waals surface area contributed by atoms with E-state index < -0.39 is 20.1 Å². The zero-order valence-electron chi connectivity index (χ0n) is 36.5. The van der Waals surface area contributed by atoms with Crippen LogP contribution in [-0.2, 0) is 19.4 Å². The van der Waals surface area contributed by atoms with Gasteiger partial charge >= 0.3 is 0 Å². The molecular formula is C62H51NS2. The van der Waals surface area contributed by atoms with Gasteiger partial charge < -0.3 is 5.32 Å². The summed E-state index contributed by atoms with van der Waals surface area (Å²) in [7, 11) is -3.60. The van der Waals surface area contributed by atoms with Gasteiger partial charge in [0.05, 0.1) is 0 Å². The highest BCUT2D eigenvalue weighted by molar-refractivity contribution is 8.37. The van der Waals surface area contributed by atoms with E-state index in [0.717, 1.165) is 25.7 Å². The monoisotopic (exact) mass is 873 g/mol. The average Bonchev–Trinajstić information content (AvgIpc) is 3.92. The van der Waals surface area contributed by atoms with E-state index in [1.54, 1.807) is 0 Å². The van der Waals surface area contributed by atoms with Gasteiger partial charge in [-0.3, -0.25) is 0 Å². The predicted octanol–water partition coefficient (Wildman–Crippen LogP) is 16.2. The summed E-state index contributed by atoms with van der Waals surface area (Å²) >= 11 is 0. The smallest absolute Gasteiger partial charge is 0.0424 e. The molecule has 0 heterocycles. The van der Waals surface area contributed by atoms with Crippen LogP contribution >= 0.6 is 20.1 Å². The molecule has 3 heteroatoms. The lowest BCUT2D eigenvalue weighted by molar-refractivity contribution is 0.882. The van der Waals surface area contributed by atoms with E-state index >= 15 is 0 Å². The van der Waals surface area contributed by atoms with Crippen LogP contribution in [0.5, 0.6) is 0 Å². The molecule has 0 radical (unpaired) electrons. The fraction of sp³-hybridized carbons (Fsp3) is 0.0968. The molecule has 0 aliphatic heterocycles. The average molecular weight is 874 g/mol. The van der Waals surface area contributed by atoms with Crippen LogP contribution in [0.25, 0.3) is 16.8 Å². The van der Waals surface area contributed by atoms with Crippen molar-refractivity contribution in [2.24, 2.45) is 0 Å². The molecule has 11 rings (SSSR count). The van der Waals surface area contributed by atoms with Gasteiger partial charge in [0, 0.05) is 58.5 Å². The summed E-state index contributed by atoms with van der Waals surface area (Å²) in [5.41, 5.74) is 11.8. The topological polar surface area (TPSA) is 12.0 Å². The summed E-state index contributed by atoms with van der Waals surface area (Å²) < 4.78 is 0. The van der Waals surface area contributed by atoms with E-state index in [2.05, 4.69) is 236 Å². The van der Waals surface area contributed by atoms with E-state index in [4.69, 9.17) is 6.42 Å². The molecule has 0 bridgehead atoms. The van der Waals surface area contributed by atoms with Gasteiger partial charge in [0.1, 0.15) is 0 Å². The van der Waals surface area contributed by atoms with Crippen LogP contribution < -0.4 is 5.32 Å². The lowest BCUT2D eigenvalue weighted by atomic mass is 10.0. The van der Waals surface area contributed by atoms with Crippen LogP contribution in [-0.4, -0.2) is 0 Å². The van der Waals surface area contributed by atoms with Crippen molar-refractivity contribution in [3.8, 4) is 23.5 Å². The maximum Gasteiger partial charge on any atom is 0.0424 e. The van der Waals surface area contributed by atoms with Crippen LogP contribution in [0, 0.1) is 12.3 Å². The van der Waals surface area contributed by atoms with Crippen molar-refractivity contribution in [2.45, 2.75) is 72.9 Å². The van der Waals surface area contributed by atoms with Crippen molar-refractivity contribution in [1.82, 2.24) is 5.32 Å². The largest absolute Gasteiger partial charge is 0.380 e. The summed E-state index contributed by atoms with van der Waals surface area (Å²) in [5.74, 6) is 3.01. The maximum absolute atomic E-state index is 6.10. The number of terminal acetylenes is 1. The van der Waals surface area contributed by atoms with E-state index in [0.29, 0.717) is 13.0 Å². The lowest BCUT2D eigenvalue weighted by Crippen LogP contribution is -2.13. The number of hydrogen-bond acceptors (Lipinski definition) is 1. The highest BCUT2D eigenvalue weighted by Crippen LogP contribution is 2.75. The zero-order valence-corrected chi connectivity index (χ0v) is 38.1.